The van der Waals surface area contributed by atoms with Gasteiger partial charge in [-0.2, -0.15) is 0 Å². The molecular weight excluding hydrogens is 378 g/mol. The van der Waals surface area contributed by atoms with Crippen LogP contribution in [0.3, 0.4) is 0 Å². The molecule has 3 aromatic rings. The second-order valence-corrected chi connectivity index (χ2v) is 8.03. The molecule has 2 heterocycles. The molecule has 4 N–H and O–H groups in total. The van der Waals surface area contributed by atoms with Crippen molar-refractivity contribution in [2.24, 2.45) is 11.7 Å². The number of ether oxygens (including phenoxy) is 1. The zero-order valence-corrected chi connectivity index (χ0v) is 17.4. The van der Waals surface area contributed by atoms with E-state index in [-0.39, 0.29) is 17.7 Å². The highest BCUT2D eigenvalue weighted by Gasteiger charge is 2.29. The summed E-state index contributed by atoms with van der Waals surface area (Å²) in [7, 11) is 0. The number of hydrogen-bond donors (Lipinski definition) is 2. The van der Waals surface area contributed by atoms with Crippen molar-refractivity contribution in [2.75, 3.05) is 12.3 Å². The molecule has 4 rings (SSSR count). The normalized spacial score (nSPS) is 19.1. The van der Waals surface area contributed by atoms with Crippen LogP contribution in [0.15, 0.2) is 36.7 Å². The van der Waals surface area contributed by atoms with Crippen LogP contribution in [-0.4, -0.2) is 26.9 Å². The minimum absolute atomic E-state index is 0.0318. The summed E-state index contributed by atoms with van der Waals surface area (Å²) in [5.41, 5.74) is 14.4. The molecular formula is C23H29N5O2. The molecule has 0 unspecified atom stereocenters. The molecule has 1 aliphatic carbocycles. The number of nitrogen functional groups attached to an aromatic ring is 1. The molecule has 1 amide bonds. The highest BCUT2D eigenvalue weighted by molar-refractivity contribution is 5.85. The number of benzene rings is 1. The van der Waals surface area contributed by atoms with Crippen molar-refractivity contribution in [3.63, 3.8) is 0 Å². The first-order chi connectivity index (χ1) is 14.6. The van der Waals surface area contributed by atoms with Gasteiger partial charge in [0.2, 0.25) is 5.91 Å². The molecule has 7 nitrogen and oxygen atoms in total. The molecule has 30 heavy (non-hydrogen) atoms. The third-order valence-corrected chi connectivity index (χ3v) is 5.98. The average Bonchev–Trinajstić information content (AvgIpc) is 3.15. The number of carbonyl (C=O) groups is 1. The van der Waals surface area contributed by atoms with Crippen molar-refractivity contribution in [1.82, 2.24) is 14.4 Å². The van der Waals surface area contributed by atoms with E-state index >= 15 is 0 Å². The van der Waals surface area contributed by atoms with Gasteiger partial charge in [-0.1, -0.05) is 25.5 Å². The molecule has 1 saturated carbocycles. The molecule has 1 fully saturated rings. The summed E-state index contributed by atoms with van der Waals surface area (Å²) in [6, 6.07) is 7.98. The Labute approximate surface area is 176 Å². The molecule has 0 radical (unpaired) electrons. The molecule has 0 spiro atoms. The van der Waals surface area contributed by atoms with Gasteiger partial charge in [-0.3, -0.25) is 9.20 Å². The first-order valence-electron chi connectivity index (χ1n) is 10.7. The van der Waals surface area contributed by atoms with Gasteiger partial charge >= 0.3 is 0 Å². The number of primary amides is 1. The van der Waals surface area contributed by atoms with E-state index in [2.05, 4.69) is 16.3 Å². The van der Waals surface area contributed by atoms with Crippen LogP contribution in [0.4, 0.5) is 5.82 Å². The van der Waals surface area contributed by atoms with Crippen LogP contribution < -0.4 is 16.2 Å². The Bertz CT molecular complexity index is 1040. The van der Waals surface area contributed by atoms with Crippen molar-refractivity contribution in [2.45, 2.75) is 51.4 Å². The Balaban J connectivity index is 1.70. The summed E-state index contributed by atoms with van der Waals surface area (Å²) in [6.45, 7) is 2.84. The van der Waals surface area contributed by atoms with Crippen LogP contribution in [-0.2, 0) is 4.79 Å². The number of aromatic nitrogens is 3. The number of anilines is 1. The Hall–Kier alpha value is -3.09. The minimum Gasteiger partial charge on any atom is -0.494 e. The topological polar surface area (TPSA) is 109 Å². The van der Waals surface area contributed by atoms with Gasteiger partial charge in [-0.25, -0.2) is 9.97 Å². The molecule has 1 aromatic carbocycles. The van der Waals surface area contributed by atoms with Gasteiger partial charge in [-0.05, 0) is 44.2 Å². The van der Waals surface area contributed by atoms with Gasteiger partial charge in [0.15, 0.2) is 0 Å². The fourth-order valence-corrected chi connectivity index (χ4v) is 4.28. The first kappa shape index (κ1) is 20.2. The Morgan fingerprint density at radius 1 is 1.27 bits per heavy atom. The number of fused-ring (bicyclic) bond motifs is 1. The highest BCUT2D eigenvalue weighted by Crippen LogP contribution is 2.38. The zero-order valence-electron chi connectivity index (χ0n) is 17.4. The zero-order chi connectivity index (χ0) is 21.1. The fourth-order valence-electron chi connectivity index (χ4n) is 4.28. The molecule has 0 atom stereocenters. The van der Waals surface area contributed by atoms with E-state index < -0.39 is 0 Å². The Morgan fingerprint density at radius 2 is 2.07 bits per heavy atom. The van der Waals surface area contributed by atoms with Crippen molar-refractivity contribution < 1.29 is 9.53 Å². The van der Waals surface area contributed by atoms with Crippen LogP contribution in [0.1, 0.15) is 57.2 Å². The Kier molecular flexibility index (Phi) is 5.88. The van der Waals surface area contributed by atoms with E-state index in [1.165, 1.54) is 0 Å². The lowest BCUT2D eigenvalue weighted by Crippen LogP contribution is -2.27. The standard InChI is InChI=1S/C23H29N5O2/c1-2-3-13-30-18-6-4-5-17(14-18)19-20-21(24)26-11-12-28(20)23(27-19)16-9-7-15(8-10-16)22(25)29/h4-6,11-12,14-16H,2-3,7-10,13H2,1H3,(H2,24,26)(H2,25,29)/t15-,16+. The number of nitrogens with zero attached hydrogens (tertiary/aromatic N) is 3. The number of unbranched alkanes of at least 4 members (excludes halogenated alkanes) is 1. The monoisotopic (exact) mass is 407 g/mol. The molecule has 0 saturated heterocycles. The number of hydrogen-bond acceptors (Lipinski definition) is 5. The van der Waals surface area contributed by atoms with Gasteiger partial charge in [-0.15, -0.1) is 0 Å². The summed E-state index contributed by atoms with van der Waals surface area (Å²) in [6.07, 6.45) is 9.09. The number of amides is 1. The average molecular weight is 408 g/mol. The lowest BCUT2D eigenvalue weighted by atomic mass is 9.81. The fraction of sp³-hybridized carbons (Fsp3) is 0.435. The van der Waals surface area contributed by atoms with Crippen molar-refractivity contribution >= 4 is 17.2 Å². The second kappa shape index (κ2) is 8.73. The van der Waals surface area contributed by atoms with Gasteiger partial charge in [0.1, 0.15) is 28.6 Å². The third kappa shape index (κ3) is 3.97. The van der Waals surface area contributed by atoms with Gasteiger partial charge < -0.3 is 16.2 Å². The van der Waals surface area contributed by atoms with E-state index in [1.807, 2.05) is 30.5 Å². The SMILES string of the molecule is CCCCOc1cccc(-c2nc([C@H]3CC[C@@H](C(N)=O)CC3)n3ccnc(N)c23)c1. The first-order valence-corrected chi connectivity index (χ1v) is 10.7. The lowest BCUT2D eigenvalue weighted by Gasteiger charge is -2.25. The molecule has 2 aromatic heterocycles. The van der Waals surface area contributed by atoms with Crippen LogP contribution in [0.5, 0.6) is 5.75 Å². The molecule has 0 aliphatic heterocycles. The largest absolute Gasteiger partial charge is 0.494 e. The molecule has 158 valence electrons. The summed E-state index contributed by atoms with van der Waals surface area (Å²) >= 11 is 0. The summed E-state index contributed by atoms with van der Waals surface area (Å²) in [5, 5.41) is 0. The minimum atomic E-state index is -0.199. The van der Waals surface area contributed by atoms with E-state index in [4.69, 9.17) is 21.2 Å². The third-order valence-electron chi connectivity index (χ3n) is 5.98. The summed E-state index contributed by atoms with van der Waals surface area (Å²) in [5.74, 6) is 2.27. The molecule has 1 aliphatic rings. The molecule has 0 bridgehead atoms. The Morgan fingerprint density at radius 3 is 2.80 bits per heavy atom. The number of nitrogens with two attached hydrogens (primary N) is 2. The summed E-state index contributed by atoms with van der Waals surface area (Å²) < 4.78 is 7.94. The highest BCUT2D eigenvalue weighted by atomic mass is 16.5. The van der Waals surface area contributed by atoms with E-state index in [0.29, 0.717) is 12.4 Å². The van der Waals surface area contributed by atoms with Crippen molar-refractivity contribution in [3.8, 4) is 17.0 Å². The maximum atomic E-state index is 11.5. The van der Waals surface area contributed by atoms with Crippen molar-refractivity contribution in [3.05, 3.63) is 42.5 Å². The number of rotatable bonds is 7. The van der Waals surface area contributed by atoms with E-state index in [1.54, 1.807) is 6.20 Å². The molecule has 7 heteroatoms. The maximum absolute atomic E-state index is 11.5. The van der Waals surface area contributed by atoms with Gasteiger partial charge in [0.05, 0.1) is 6.61 Å². The van der Waals surface area contributed by atoms with Crippen LogP contribution in [0.25, 0.3) is 16.8 Å². The van der Waals surface area contributed by atoms with Crippen LogP contribution in [0, 0.1) is 5.92 Å². The van der Waals surface area contributed by atoms with Crippen LogP contribution in [0.2, 0.25) is 0 Å². The van der Waals surface area contributed by atoms with Crippen LogP contribution >= 0.6 is 0 Å². The lowest BCUT2D eigenvalue weighted by molar-refractivity contribution is -0.122. The quantitative estimate of drug-likeness (QED) is 0.577. The summed E-state index contributed by atoms with van der Waals surface area (Å²) in [4.78, 5) is 20.9. The predicted octanol–water partition coefficient (Wildman–Crippen LogP) is 3.92. The number of imidazole rings is 1. The maximum Gasteiger partial charge on any atom is 0.220 e. The smallest absolute Gasteiger partial charge is 0.220 e. The van der Waals surface area contributed by atoms with Gasteiger partial charge in [0.25, 0.3) is 0 Å². The van der Waals surface area contributed by atoms with Gasteiger partial charge in [0, 0.05) is 29.8 Å². The number of carbonyl (C=O) groups excluding carboxylic acids is 1. The predicted molar refractivity (Wildman–Crippen MR) is 117 cm³/mol. The second-order valence-electron chi connectivity index (χ2n) is 8.03. The van der Waals surface area contributed by atoms with Crippen molar-refractivity contribution in [1.29, 1.82) is 0 Å². The van der Waals surface area contributed by atoms with E-state index in [9.17, 15) is 4.79 Å². The van der Waals surface area contributed by atoms with E-state index in [0.717, 1.165) is 66.9 Å².